The summed E-state index contributed by atoms with van der Waals surface area (Å²) in [6, 6.07) is 5.68. The van der Waals surface area contributed by atoms with Gasteiger partial charge in [-0.15, -0.1) is 16.4 Å². The van der Waals surface area contributed by atoms with E-state index in [1.807, 2.05) is 29.8 Å². The second-order valence-electron chi connectivity index (χ2n) is 5.74. The van der Waals surface area contributed by atoms with Crippen LogP contribution in [0.3, 0.4) is 0 Å². The molecule has 0 spiro atoms. The maximum absolute atomic E-state index is 12.3. The van der Waals surface area contributed by atoms with Gasteiger partial charge in [-0.2, -0.15) is 4.98 Å². The number of rotatable bonds is 4. The zero-order valence-corrected chi connectivity index (χ0v) is 13.8. The van der Waals surface area contributed by atoms with E-state index in [4.69, 9.17) is 10.5 Å². The van der Waals surface area contributed by atoms with Crippen LogP contribution in [-0.2, 0) is 4.74 Å². The fourth-order valence-electron chi connectivity index (χ4n) is 2.78. The standard InChI is InChI=1S/C16H17N5O2S/c17-16-19-14-4-3-10(8-21(14)20-16)11-6-13(24-9-11)15(22)18-7-12-2-1-5-23-12/h3-4,6,8-9,12H,1-2,5,7H2,(H2,17,20)(H,18,22). The van der Waals surface area contributed by atoms with Crippen molar-refractivity contribution in [1.82, 2.24) is 19.9 Å². The van der Waals surface area contributed by atoms with Gasteiger partial charge in [-0.25, -0.2) is 4.52 Å². The molecule has 1 aliphatic heterocycles. The first-order valence-corrected chi connectivity index (χ1v) is 8.67. The Kier molecular flexibility index (Phi) is 3.91. The molecule has 0 bridgehead atoms. The van der Waals surface area contributed by atoms with E-state index in [1.54, 1.807) is 4.52 Å². The van der Waals surface area contributed by atoms with Crippen molar-refractivity contribution in [3.05, 3.63) is 34.7 Å². The van der Waals surface area contributed by atoms with Gasteiger partial charge < -0.3 is 15.8 Å². The Morgan fingerprint density at radius 1 is 1.46 bits per heavy atom. The average molecular weight is 343 g/mol. The number of nitrogens with one attached hydrogen (secondary N) is 1. The van der Waals surface area contributed by atoms with Gasteiger partial charge in [0.1, 0.15) is 0 Å². The monoisotopic (exact) mass is 343 g/mol. The number of nitrogen functional groups attached to an aromatic ring is 1. The highest BCUT2D eigenvalue weighted by molar-refractivity contribution is 7.12. The second kappa shape index (κ2) is 6.21. The lowest BCUT2D eigenvalue weighted by Crippen LogP contribution is -2.31. The summed E-state index contributed by atoms with van der Waals surface area (Å²) in [5.74, 6) is 0.180. The number of pyridine rings is 1. The number of carbonyl (C=O) groups excluding carboxylic acids is 1. The number of nitrogens with two attached hydrogens (primary N) is 1. The summed E-state index contributed by atoms with van der Waals surface area (Å²) in [5.41, 5.74) is 8.23. The van der Waals surface area contributed by atoms with Crippen LogP contribution >= 0.6 is 11.3 Å². The molecule has 0 radical (unpaired) electrons. The highest BCUT2D eigenvalue weighted by Crippen LogP contribution is 2.26. The number of hydrogen-bond acceptors (Lipinski definition) is 6. The fourth-order valence-corrected chi connectivity index (χ4v) is 3.61. The molecular formula is C16H17N5O2S. The molecule has 0 aliphatic carbocycles. The normalized spacial score (nSPS) is 17.4. The van der Waals surface area contributed by atoms with Crippen molar-refractivity contribution in [3.63, 3.8) is 0 Å². The highest BCUT2D eigenvalue weighted by atomic mass is 32.1. The topological polar surface area (TPSA) is 94.5 Å². The quantitative estimate of drug-likeness (QED) is 0.755. The smallest absolute Gasteiger partial charge is 0.261 e. The molecule has 24 heavy (non-hydrogen) atoms. The molecule has 8 heteroatoms. The molecule has 1 saturated heterocycles. The van der Waals surface area contributed by atoms with Crippen molar-refractivity contribution in [2.45, 2.75) is 18.9 Å². The zero-order chi connectivity index (χ0) is 16.5. The van der Waals surface area contributed by atoms with Gasteiger partial charge in [-0.3, -0.25) is 4.79 Å². The molecule has 1 fully saturated rings. The molecule has 3 aromatic rings. The molecule has 1 aliphatic rings. The minimum absolute atomic E-state index is 0.0622. The number of amides is 1. The third kappa shape index (κ3) is 2.98. The fraction of sp³-hybridized carbons (Fsp3) is 0.312. The molecule has 4 rings (SSSR count). The predicted octanol–water partition coefficient (Wildman–Crippen LogP) is 1.95. The van der Waals surface area contributed by atoms with Crippen LogP contribution in [0, 0.1) is 0 Å². The Morgan fingerprint density at radius 2 is 2.38 bits per heavy atom. The predicted molar refractivity (Wildman–Crippen MR) is 92.0 cm³/mol. The van der Waals surface area contributed by atoms with E-state index in [2.05, 4.69) is 15.4 Å². The van der Waals surface area contributed by atoms with Crippen LogP contribution in [0.5, 0.6) is 0 Å². The van der Waals surface area contributed by atoms with Crippen LogP contribution in [0.1, 0.15) is 22.5 Å². The number of ether oxygens (including phenoxy) is 1. The number of anilines is 1. The van der Waals surface area contributed by atoms with Gasteiger partial charge >= 0.3 is 0 Å². The first-order valence-electron chi connectivity index (χ1n) is 7.80. The molecule has 4 heterocycles. The van der Waals surface area contributed by atoms with Crippen LogP contribution in [-0.4, -0.2) is 39.8 Å². The summed E-state index contributed by atoms with van der Waals surface area (Å²) in [6.07, 6.45) is 4.08. The molecule has 3 N–H and O–H groups in total. The Balaban J connectivity index is 1.49. The summed E-state index contributed by atoms with van der Waals surface area (Å²) >= 11 is 1.42. The third-order valence-electron chi connectivity index (χ3n) is 4.02. The maximum Gasteiger partial charge on any atom is 0.261 e. The SMILES string of the molecule is Nc1nc2ccc(-c3csc(C(=O)NCC4CCCO4)c3)cn2n1. The van der Waals surface area contributed by atoms with Gasteiger partial charge in [-0.05, 0) is 42.0 Å². The van der Waals surface area contributed by atoms with Crippen LogP contribution in [0.4, 0.5) is 5.95 Å². The average Bonchev–Trinajstić information content (AvgIpc) is 3.31. The number of hydrogen-bond donors (Lipinski definition) is 2. The molecule has 124 valence electrons. The molecule has 0 saturated carbocycles. The number of nitrogens with zero attached hydrogens (tertiary/aromatic N) is 3. The lowest BCUT2D eigenvalue weighted by Gasteiger charge is -2.09. The summed E-state index contributed by atoms with van der Waals surface area (Å²) < 4.78 is 7.16. The summed E-state index contributed by atoms with van der Waals surface area (Å²) in [7, 11) is 0. The van der Waals surface area contributed by atoms with E-state index in [0.717, 1.165) is 30.6 Å². The van der Waals surface area contributed by atoms with Crippen molar-refractivity contribution in [1.29, 1.82) is 0 Å². The van der Waals surface area contributed by atoms with E-state index in [1.165, 1.54) is 11.3 Å². The number of carbonyl (C=O) groups is 1. The molecule has 1 amide bonds. The first kappa shape index (κ1) is 15.1. The summed E-state index contributed by atoms with van der Waals surface area (Å²) in [6.45, 7) is 1.36. The van der Waals surface area contributed by atoms with Crippen molar-refractivity contribution in [2.24, 2.45) is 0 Å². The van der Waals surface area contributed by atoms with Gasteiger partial charge in [0.15, 0.2) is 5.65 Å². The van der Waals surface area contributed by atoms with Gasteiger partial charge in [0.2, 0.25) is 5.95 Å². The molecule has 1 unspecified atom stereocenters. The lowest BCUT2D eigenvalue weighted by atomic mass is 10.1. The van der Waals surface area contributed by atoms with E-state index in [0.29, 0.717) is 17.1 Å². The molecule has 0 aromatic carbocycles. The highest BCUT2D eigenvalue weighted by Gasteiger charge is 2.17. The van der Waals surface area contributed by atoms with Gasteiger partial charge in [-0.1, -0.05) is 0 Å². The molecular weight excluding hydrogens is 326 g/mol. The number of aromatic nitrogens is 3. The lowest BCUT2D eigenvalue weighted by molar-refractivity contribution is 0.0861. The van der Waals surface area contributed by atoms with Crippen molar-refractivity contribution < 1.29 is 9.53 Å². The molecule has 7 nitrogen and oxygen atoms in total. The summed E-state index contributed by atoms with van der Waals surface area (Å²) in [5, 5.41) is 9.01. The van der Waals surface area contributed by atoms with Gasteiger partial charge in [0.25, 0.3) is 5.91 Å². The van der Waals surface area contributed by atoms with Crippen LogP contribution in [0.25, 0.3) is 16.8 Å². The number of thiophene rings is 1. The zero-order valence-electron chi connectivity index (χ0n) is 12.9. The van der Waals surface area contributed by atoms with Crippen molar-refractivity contribution in [2.75, 3.05) is 18.9 Å². The van der Waals surface area contributed by atoms with Gasteiger partial charge in [0.05, 0.1) is 11.0 Å². The Labute approximate surface area is 142 Å². The molecule has 3 aromatic heterocycles. The van der Waals surface area contributed by atoms with Crippen LogP contribution in [0.15, 0.2) is 29.8 Å². The van der Waals surface area contributed by atoms with E-state index >= 15 is 0 Å². The minimum atomic E-state index is -0.0622. The van der Waals surface area contributed by atoms with E-state index in [9.17, 15) is 4.79 Å². The van der Waals surface area contributed by atoms with E-state index < -0.39 is 0 Å². The van der Waals surface area contributed by atoms with Crippen molar-refractivity contribution in [3.8, 4) is 11.1 Å². The Bertz CT molecular complexity index is 882. The Hall–Kier alpha value is -2.45. The van der Waals surface area contributed by atoms with E-state index in [-0.39, 0.29) is 18.0 Å². The van der Waals surface area contributed by atoms with Gasteiger partial charge in [0, 0.05) is 24.9 Å². The third-order valence-corrected chi connectivity index (χ3v) is 4.95. The molecule has 1 atom stereocenters. The van der Waals surface area contributed by atoms with Crippen LogP contribution in [0.2, 0.25) is 0 Å². The minimum Gasteiger partial charge on any atom is -0.376 e. The van der Waals surface area contributed by atoms with Crippen molar-refractivity contribution >= 4 is 28.8 Å². The maximum atomic E-state index is 12.3. The van der Waals surface area contributed by atoms with Crippen LogP contribution < -0.4 is 11.1 Å². The Morgan fingerprint density at radius 3 is 3.21 bits per heavy atom. The second-order valence-corrected chi connectivity index (χ2v) is 6.65. The summed E-state index contributed by atoms with van der Waals surface area (Å²) in [4.78, 5) is 17.0. The first-order chi connectivity index (χ1) is 11.7. The number of fused-ring (bicyclic) bond motifs is 1. The largest absolute Gasteiger partial charge is 0.376 e.